The standard InChI is InChI=1S/C11H17N3O3S/c1-11(12,9(16)17-2)5-3-7-18-10-13-6-4-8(15)14-10/h4,6H,3,5,7,12H2,1-2H3,(H,13,14,15). The van der Waals surface area contributed by atoms with Crippen LogP contribution in [0.15, 0.2) is 22.2 Å². The maximum Gasteiger partial charge on any atom is 0.325 e. The van der Waals surface area contributed by atoms with Crippen LogP contribution in [-0.4, -0.2) is 34.3 Å². The van der Waals surface area contributed by atoms with Gasteiger partial charge >= 0.3 is 5.97 Å². The molecule has 7 heteroatoms. The zero-order valence-corrected chi connectivity index (χ0v) is 11.3. The Morgan fingerprint density at radius 3 is 3.00 bits per heavy atom. The lowest BCUT2D eigenvalue weighted by molar-refractivity contribution is -0.146. The van der Waals surface area contributed by atoms with E-state index in [1.807, 2.05) is 0 Å². The number of aromatic nitrogens is 2. The van der Waals surface area contributed by atoms with Crippen LogP contribution in [0, 0.1) is 0 Å². The number of nitrogens with two attached hydrogens (primary N) is 1. The van der Waals surface area contributed by atoms with Crippen molar-refractivity contribution in [1.29, 1.82) is 0 Å². The van der Waals surface area contributed by atoms with Gasteiger partial charge in [-0.3, -0.25) is 9.59 Å². The van der Waals surface area contributed by atoms with E-state index in [0.29, 0.717) is 11.6 Å². The van der Waals surface area contributed by atoms with Crippen LogP contribution in [0.25, 0.3) is 0 Å². The van der Waals surface area contributed by atoms with Crippen molar-refractivity contribution in [3.63, 3.8) is 0 Å². The van der Waals surface area contributed by atoms with Gasteiger partial charge in [0.1, 0.15) is 5.54 Å². The Hall–Kier alpha value is -1.34. The maximum atomic E-state index is 11.3. The molecule has 100 valence electrons. The molecule has 1 aromatic rings. The third-order valence-electron chi connectivity index (χ3n) is 2.38. The second-order valence-electron chi connectivity index (χ2n) is 4.10. The largest absolute Gasteiger partial charge is 0.468 e. The third-order valence-corrected chi connectivity index (χ3v) is 3.35. The summed E-state index contributed by atoms with van der Waals surface area (Å²) in [5.74, 6) is 0.301. The Labute approximate surface area is 109 Å². The van der Waals surface area contributed by atoms with Crippen LogP contribution >= 0.6 is 11.8 Å². The van der Waals surface area contributed by atoms with Crippen molar-refractivity contribution in [2.45, 2.75) is 30.5 Å². The van der Waals surface area contributed by atoms with Gasteiger partial charge in [-0.2, -0.15) is 0 Å². The first-order chi connectivity index (χ1) is 8.45. The number of hydrogen-bond acceptors (Lipinski definition) is 6. The molecule has 0 fully saturated rings. The molecule has 1 atom stereocenters. The zero-order chi connectivity index (χ0) is 13.6. The first kappa shape index (κ1) is 14.7. The molecule has 0 aliphatic heterocycles. The summed E-state index contributed by atoms with van der Waals surface area (Å²) in [5, 5.41) is 0.569. The number of nitrogens with zero attached hydrogens (tertiary/aromatic N) is 1. The molecule has 0 bridgehead atoms. The van der Waals surface area contributed by atoms with Crippen molar-refractivity contribution in [3.05, 3.63) is 22.6 Å². The van der Waals surface area contributed by atoms with Gasteiger partial charge in [0.15, 0.2) is 5.16 Å². The Balaban J connectivity index is 2.35. The van der Waals surface area contributed by atoms with Crippen LogP contribution in [0.1, 0.15) is 19.8 Å². The van der Waals surface area contributed by atoms with E-state index < -0.39 is 11.5 Å². The minimum absolute atomic E-state index is 0.175. The molecule has 1 heterocycles. The van der Waals surface area contributed by atoms with Crippen molar-refractivity contribution in [3.8, 4) is 0 Å². The van der Waals surface area contributed by atoms with Crippen LogP contribution in [0.5, 0.6) is 0 Å². The quantitative estimate of drug-likeness (QED) is 0.339. The van der Waals surface area contributed by atoms with Crippen molar-refractivity contribution >= 4 is 17.7 Å². The highest BCUT2D eigenvalue weighted by Crippen LogP contribution is 2.17. The number of carbonyl (C=O) groups is 1. The average Bonchev–Trinajstić information content (AvgIpc) is 2.33. The van der Waals surface area contributed by atoms with Crippen molar-refractivity contribution < 1.29 is 9.53 Å². The van der Waals surface area contributed by atoms with Crippen LogP contribution in [0.3, 0.4) is 0 Å². The maximum absolute atomic E-state index is 11.3. The van der Waals surface area contributed by atoms with Gasteiger partial charge in [0.2, 0.25) is 0 Å². The van der Waals surface area contributed by atoms with E-state index in [1.54, 1.807) is 6.92 Å². The summed E-state index contributed by atoms with van der Waals surface area (Å²) in [6, 6.07) is 1.36. The molecule has 0 amide bonds. The number of H-pyrrole nitrogens is 1. The summed E-state index contributed by atoms with van der Waals surface area (Å²) in [6.45, 7) is 1.64. The van der Waals surface area contributed by atoms with Crippen LogP contribution in [0.4, 0.5) is 0 Å². The average molecular weight is 271 g/mol. The number of carbonyl (C=O) groups excluding carboxylic acids is 1. The lowest BCUT2D eigenvalue weighted by Crippen LogP contribution is -2.45. The highest BCUT2D eigenvalue weighted by Gasteiger charge is 2.28. The fraction of sp³-hybridized carbons (Fsp3) is 0.545. The van der Waals surface area contributed by atoms with E-state index in [4.69, 9.17) is 5.73 Å². The molecule has 3 N–H and O–H groups in total. The van der Waals surface area contributed by atoms with Gasteiger partial charge in [-0.1, -0.05) is 11.8 Å². The van der Waals surface area contributed by atoms with E-state index in [-0.39, 0.29) is 5.56 Å². The first-order valence-electron chi connectivity index (χ1n) is 5.51. The van der Waals surface area contributed by atoms with Gasteiger partial charge in [0, 0.05) is 18.0 Å². The summed E-state index contributed by atoms with van der Waals surface area (Å²) in [4.78, 5) is 29.0. The first-order valence-corrected chi connectivity index (χ1v) is 6.50. The Morgan fingerprint density at radius 2 is 2.39 bits per heavy atom. The molecule has 18 heavy (non-hydrogen) atoms. The molecule has 0 spiro atoms. The SMILES string of the molecule is COC(=O)C(C)(N)CCCSc1nccc(=O)[nH]1. The smallest absolute Gasteiger partial charge is 0.325 e. The number of nitrogens with one attached hydrogen (secondary N) is 1. The monoisotopic (exact) mass is 271 g/mol. The number of methoxy groups -OCH3 is 1. The molecule has 0 saturated carbocycles. The minimum atomic E-state index is -0.965. The van der Waals surface area contributed by atoms with Crippen LogP contribution in [0.2, 0.25) is 0 Å². The Morgan fingerprint density at radius 1 is 1.67 bits per heavy atom. The Bertz CT molecular complexity index is 459. The molecule has 0 radical (unpaired) electrons. The van der Waals surface area contributed by atoms with E-state index in [1.165, 1.54) is 31.1 Å². The lowest BCUT2D eigenvalue weighted by atomic mass is 9.98. The molecule has 6 nitrogen and oxygen atoms in total. The molecule has 1 unspecified atom stereocenters. The topological polar surface area (TPSA) is 98.1 Å². The number of thioether (sulfide) groups is 1. The highest BCUT2D eigenvalue weighted by molar-refractivity contribution is 7.99. The third kappa shape index (κ3) is 4.50. The predicted octanol–water partition coefficient (Wildman–Crippen LogP) is 0.533. The number of rotatable bonds is 6. The van der Waals surface area contributed by atoms with E-state index in [2.05, 4.69) is 14.7 Å². The van der Waals surface area contributed by atoms with Gasteiger partial charge in [0.05, 0.1) is 7.11 Å². The van der Waals surface area contributed by atoms with Crippen molar-refractivity contribution in [2.24, 2.45) is 5.73 Å². The highest BCUT2D eigenvalue weighted by atomic mass is 32.2. The second kappa shape index (κ2) is 6.55. The molecule has 1 aromatic heterocycles. The summed E-state index contributed by atoms with van der Waals surface area (Å²) in [5.41, 5.74) is 4.68. The van der Waals surface area contributed by atoms with E-state index in [0.717, 1.165) is 12.2 Å². The number of hydrogen-bond donors (Lipinski definition) is 2. The van der Waals surface area contributed by atoms with Crippen molar-refractivity contribution in [1.82, 2.24) is 9.97 Å². The summed E-state index contributed by atoms with van der Waals surface area (Å²) in [7, 11) is 1.32. The number of aromatic amines is 1. The van der Waals surface area contributed by atoms with Gasteiger partial charge in [-0.15, -0.1) is 0 Å². The molecule has 0 aromatic carbocycles. The van der Waals surface area contributed by atoms with Crippen LogP contribution < -0.4 is 11.3 Å². The van der Waals surface area contributed by atoms with Gasteiger partial charge in [-0.05, 0) is 19.8 Å². The van der Waals surface area contributed by atoms with E-state index in [9.17, 15) is 9.59 Å². The normalized spacial score (nSPS) is 13.9. The Kier molecular flexibility index (Phi) is 5.36. The minimum Gasteiger partial charge on any atom is -0.468 e. The molecule has 0 aliphatic carbocycles. The summed E-state index contributed by atoms with van der Waals surface area (Å²) >= 11 is 1.42. The zero-order valence-electron chi connectivity index (χ0n) is 10.4. The molecule has 0 aliphatic rings. The lowest BCUT2D eigenvalue weighted by Gasteiger charge is -2.20. The number of esters is 1. The van der Waals surface area contributed by atoms with Gasteiger partial charge in [0.25, 0.3) is 5.56 Å². The van der Waals surface area contributed by atoms with Crippen LogP contribution in [-0.2, 0) is 9.53 Å². The molecular weight excluding hydrogens is 254 g/mol. The second-order valence-corrected chi connectivity index (χ2v) is 5.18. The van der Waals surface area contributed by atoms with Crippen molar-refractivity contribution in [2.75, 3.05) is 12.9 Å². The fourth-order valence-electron chi connectivity index (χ4n) is 1.37. The fourth-order valence-corrected chi connectivity index (χ4v) is 2.16. The number of ether oxygens (including phenoxy) is 1. The summed E-state index contributed by atoms with van der Waals surface area (Å²) in [6.07, 6.45) is 2.71. The molecule has 1 rings (SSSR count). The van der Waals surface area contributed by atoms with Gasteiger partial charge < -0.3 is 15.5 Å². The molecule has 0 saturated heterocycles. The predicted molar refractivity (Wildman–Crippen MR) is 69.4 cm³/mol. The molecular formula is C11H17N3O3S. The van der Waals surface area contributed by atoms with E-state index >= 15 is 0 Å². The summed E-state index contributed by atoms with van der Waals surface area (Å²) < 4.78 is 4.62. The van der Waals surface area contributed by atoms with Gasteiger partial charge in [-0.25, -0.2) is 4.98 Å².